The van der Waals surface area contributed by atoms with Gasteiger partial charge in [-0.05, 0) is 12.5 Å². The second-order valence-corrected chi connectivity index (χ2v) is 4.07. The van der Waals surface area contributed by atoms with E-state index in [1.165, 1.54) is 18.2 Å². The predicted molar refractivity (Wildman–Crippen MR) is 63.4 cm³/mol. The lowest BCUT2D eigenvalue weighted by Gasteiger charge is -2.12. The average Bonchev–Trinajstić information content (AvgIpc) is 2.60. The Balaban J connectivity index is 2.45. The molecule has 0 aromatic heterocycles. The molecule has 0 radical (unpaired) electrons. The number of nitro groups is 1. The van der Waals surface area contributed by atoms with Gasteiger partial charge in [0, 0.05) is 12.6 Å². The Morgan fingerprint density at radius 1 is 1.28 bits per heavy atom. The summed E-state index contributed by atoms with van der Waals surface area (Å²) in [6.07, 6.45) is 1.54. The fourth-order valence-corrected chi connectivity index (χ4v) is 1.99. The predicted octanol–water partition coefficient (Wildman–Crippen LogP) is 1.99. The average molecular weight is 248 g/mol. The molecule has 0 spiro atoms. The van der Waals surface area contributed by atoms with Crippen molar-refractivity contribution < 1.29 is 14.5 Å². The third-order valence-electron chi connectivity index (χ3n) is 2.91. The SMILES string of the molecule is CCCCN1C(=O)c2cccc([N+](=O)[O-])c2C1=O. The van der Waals surface area contributed by atoms with Crippen LogP contribution < -0.4 is 0 Å². The molecule has 0 unspecified atom stereocenters. The summed E-state index contributed by atoms with van der Waals surface area (Å²) in [7, 11) is 0. The molecule has 6 nitrogen and oxygen atoms in total. The molecule has 1 aliphatic heterocycles. The molecule has 18 heavy (non-hydrogen) atoms. The standard InChI is InChI=1S/C12H12N2O4/c1-2-3-7-13-11(15)8-5-4-6-9(14(17)18)10(8)12(13)16/h4-6H,2-3,7H2,1H3. The van der Waals surface area contributed by atoms with Gasteiger partial charge >= 0.3 is 0 Å². The first-order chi connectivity index (χ1) is 8.57. The van der Waals surface area contributed by atoms with Gasteiger partial charge in [-0.2, -0.15) is 0 Å². The second kappa shape index (κ2) is 4.56. The number of imide groups is 1. The van der Waals surface area contributed by atoms with Gasteiger partial charge in [0.2, 0.25) is 0 Å². The first kappa shape index (κ1) is 12.2. The van der Waals surface area contributed by atoms with Gasteiger partial charge in [-0.25, -0.2) is 0 Å². The molecular formula is C12H12N2O4. The van der Waals surface area contributed by atoms with Crippen molar-refractivity contribution in [2.75, 3.05) is 6.54 Å². The molecular weight excluding hydrogens is 236 g/mol. The number of carbonyl (C=O) groups excluding carboxylic acids is 2. The molecule has 0 N–H and O–H groups in total. The normalized spacial score (nSPS) is 13.9. The van der Waals surface area contributed by atoms with Gasteiger partial charge in [-0.15, -0.1) is 0 Å². The number of nitro benzene ring substituents is 1. The third kappa shape index (κ3) is 1.75. The fraction of sp³-hybridized carbons (Fsp3) is 0.333. The lowest BCUT2D eigenvalue weighted by Crippen LogP contribution is -2.30. The minimum atomic E-state index is -0.632. The van der Waals surface area contributed by atoms with Crippen LogP contribution in [0.3, 0.4) is 0 Å². The zero-order valence-corrected chi connectivity index (χ0v) is 9.88. The quantitative estimate of drug-likeness (QED) is 0.463. The van der Waals surface area contributed by atoms with E-state index in [0.29, 0.717) is 13.0 Å². The van der Waals surface area contributed by atoms with E-state index < -0.39 is 16.7 Å². The molecule has 94 valence electrons. The highest BCUT2D eigenvalue weighted by atomic mass is 16.6. The summed E-state index contributed by atoms with van der Waals surface area (Å²) in [4.78, 5) is 35.3. The van der Waals surface area contributed by atoms with Crippen molar-refractivity contribution in [3.05, 3.63) is 39.4 Å². The van der Waals surface area contributed by atoms with Crippen molar-refractivity contribution in [2.24, 2.45) is 0 Å². The van der Waals surface area contributed by atoms with Crippen molar-refractivity contribution in [3.8, 4) is 0 Å². The Morgan fingerprint density at radius 2 is 2.00 bits per heavy atom. The molecule has 0 saturated heterocycles. The summed E-state index contributed by atoms with van der Waals surface area (Å²) in [6.45, 7) is 2.25. The van der Waals surface area contributed by atoms with Crippen LogP contribution in [-0.2, 0) is 0 Å². The Kier molecular flexibility index (Phi) is 3.10. The number of nitrogens with zero attached hydrogens (tertiary/aromatic N) is 2. The second-order valence-electron chi connectivity index (χ2n) is 4.07. The summed E-state index contributed by atoms with van der Waals surface area (Å²) < 4.78 is 0. The van der Waals surface area contributed by atoms with Gasteiger partial charge in [-0.3, -0.25) is 24.6 Å². The summed E-state index contributed by atoms with van der Waals surface area (Å²) in [5.74, 6) is -0.997. The maximum absolute atomic E-state index is 12.0. The van der Waals surface area contributed by atoms with Gasteiger partial charge in [0.15, 0.2) is 0 Å². The van der Waals surface area contributed by atoms with Crippen LogP contribution in [0.15, 0.2) is 18.2 Å². The minimum absolute atomic E-state index is 0.0800. The highest BCUT2D eigenvalue weighted by Gasteiger charge is 2.40. The van der Waals surface area contributed by atoms with Crippen molar-refractivity contribution in [1.82, 2.24) is 4.90 Å². The minimum Gasteiger partial charge on any atom is -0.274 e. The maximum Gasteiger partial charge on any atom is 0.282 e. The molecule has 0 saturated carbocycles. The van der Waals surface area contributed by atoms with Gasteiger partial charge < -0.3 is 0 Å². The van der Waals surface area contributed by atoms with Crippen molar-refractivity contribution in [3.63, 3.8) is 0 Å². The van der Waals surface area contributed by atoms with Crippen molar-refractivity contribution >= 4 is 17.5 Å². The largest absolute Gasteiger partial charge is 0.282 e. The molecule has 0 bridgehead atoms. The van der Waals surface area contributed by atoms with Crippen LogP contribution in [0.1, 0.15) is 40.5 Å². The summed E-state index contributed by atoms with van der Waals surface area (Å²) >= 11 is 0. The first-order valence-corrected chi connectivity index (χ1v) is 5.71. The Labute approximate surface area is 103 Å². The summed E-state index contributed by atoms with van der Waals surface area (Å²) in [6, 6.07) is 4.12. The van der Waals surface area contributed by atoms with Crippen molar-refractivity contribution in [2.45, 2.75) is 19.8 Å². The van der Waals surface area contributed by atoms with E-state index in [9.17, 15) is 19.7 Å². The summed E-state index contributed by atoms with van der Waals surface area (Å²) in [5.41, 5.74) is -0.251. The number of carbonyl (C=O) groups is 2. The summed E-state index contributed by atoms with van der Waals surface area (Å²) in [5, 5.41) is 10.9. The van der Waals surface area contributed by atoms with E-state index >= 15 is 0 Å². The van der Waals surface area contributed by atoms with Crippen LogP contribution in [0.5, 0.6) is 0 Å². The van der Waals surface area contributed by atoms with Crippen LogP contribution in [-0.4, -0.2) is 28.2 Å². The molecule has 1 aliphatic rings. The lowest BCUT2D eigenvalue weighted by atomic mass is 10.1. The van der Waals surface area contributed by atoms with Crippen LogP contribution in [0.4, 0.5) is 5.69 Å². The van der Waals surface area contributed by atoms with Crippen LogP contribution >= 0.6 is 0 Å². The first-order valence-electron chi connectivity index (χ1n) is 5.71. The number of rotatable bonds is 4. The molecule has 2 rings (SSSR count). The number of amides is 2. The Hall–Kier alpha value is -2.24. The van der Waals surface area contributed by atoms with Crippen LogP contribution in [0.25, 0.3) is 0 Å². The number of hydrogen-bond donors (Lipinski definition) is 0. The topological polar surface area (TPSA) is 80.5 Å². The number of unbranched alkanes of at least 4 members (excludes halogenated alkanes) is 1. The Morgan fingerprint density at radius 3 is 2.61 bits per heavy atom. The highest BCUT2D eigenvalue weighted by Crippen LogP contribution is 2.30. The van der Waals surface area contributed by atoms with Crippen LogP contribution in [0, 0.1) is 10.1 Å². The Bertz CT molecular complexity index is 539. The van der Waals surface area contributed by atoms with Crippen molar-refractivity contribution in [1.29, 1.82) is 0 Å². The van der Waals surface area contributed by atoms with E-state index in [2.05, 4.69) is 0 Å². The molecule has 2 amide bonds. The van der Waals surface area contributed by atoms with Gasteiger partial charge in [0.25, 0.3) is 17.5 Å². The van der Waals surface area contributed by atoms with E-state index in [0.717, 1.165) is 11.3 Å². The molecule has 1 aromatic rings. The van der Waals surface area contributed by atoms with E-state index in [1.807, 2.05) is 6.92 Å². The van der Waals surface area contributed by atoms with Gasteiger partial charge in [0.1, 0.15) is 5.56 Å². The number of hydrogen-bond acceptors (Lipinski definition) is 4. The zero-order chi connectivity index (χ0) is 13.3. The molecule has 1 aromatic carbocycles. The monoisotopic (exact) mass is 248 g/mol. The number of fused-ring (bicyclic) bond motifs is 1. The molecule has 0 atom stereocenters. The third-order valence-corrected chi connectivity index (χ3v) is 2.91. The lowest BCUT2D eigenvalue weighted by molar-refractivity contribution is -0.385. The van der Waals surface area contributed by atoms with E-state index in [1.54, 1.807) is 0 Å². The fourth-order valence-electron chi connectivity index (χ4n) is 1.99. The maximum atomic E-state index is 12.0. The molecule has 1 heterocycles. The molecule has 6 heteroatoms. The zero-order valence-electron chi connectivity index (χ0n) is 9.88. The van der Waals surface area contributed by atoms with Gasteiger partial charge in [-0.1, -0.05) is 19.4 Å². The highest BCUT2D eigenvalue weighted by molar-refractivity contribution is 6.23. The number of benzene rings is 1. The van der Waals surface area contributed by atoms with Crippen LogP contribution in [0.2, 0.25) is 0 Å². The molecule has 0 aliphatic carbocycles. The van der Waals surface area contributed by atoms with E-state index in [4.69, 9.17) is 0 Å². The molecule has 0 fully saturated rings. The van der Waals surface area contributed by atoms with Gasteiger partial charge in [0.05, 0.1) is 10.5 Å². The van der Waals surface area contributed by atoms with E-state index in [-0.39, 0.29) is 16.8 Å². The smallest absolute Gasteiger partial charge is 0.274 e.